The minimum absolute atomic E-state index is 0. The van der Waals surface area contributed by atoms with Crippen LogP contribution in [0, 0.1) is 0 Å². The molecule has 8 heteroatoms. The van der Waals surface area contributed by atoms with Crippen LogP contribution in [-0.2, 0) is 12.4 Å². The van der Waals surface area contributed by atoms with E-state index in [2.05, 4.69) is 9.19 Å². The predicted octanol–water partition coefficient (Wildman–Crippen LogP) is -1.12. The maximum absolute atomic E-state index is 11.2. The molecule has 0 bridgehead atoms. The average molecular weight is 293 g/mol. The van der Waals surface area contributed by atoms with Crippen molar-refractivity contribution in [2.24, 2.45) is 0 Å². The summed E-state index contributed by atoms with van der Waals surface area (Å²) in [6, 6.07) is 5.50. The van der Waals surface area contributed by atoms with Crippen LogP contribution in [0.15, 0.2) is 24.3 Å². The summed E-state index contributed by atoms with van der Waals surface area (Å²) in [4.78, 5) is 10.7. The number of benzene rings is 1. The molecule has 5 N–H and O–H groups in total. The first kappa shape index (κ1) is 14.9. The smallest absolute Gasteiger partial charge is 0.412 e. The van der Waals surface area contributed by atoms with E-state index in [0.29, 0.717) is 5.69 Å². The molecule has 16 heavy (non-hydrogen) atoms. The van der Waals surface area contributed by atoms with Gasteiger partial charge in [-0.2, -0.15) is 0 Å². The fourth-order valence-corrected chi connectivity index (χ4v) is 2.28. The zero-order valence-corrected chi connectivity index (χ0v) is 10.3. The number of carbonyl (C=O) groups is 1. The maximum atomic E-state index is 11.2. The molecule has 0 saturated carbocycles. The van der Waals surface area contributed by atoms with Crippen molar-refractivity contribution < 1.29 is 27.2 Å². The molecule has 0 aliphatic rings. The van der Waals surface area contributed by atoms with Gasteiger partial charge in [-0.25, -0.2) is 0 Å². The van der Waals surface area contributed by atoms with Crippen molar-refractivity contribution >= 4 is 30.1 Å². The third-order valence-electron chi connectivity index (χ3n) is 1.62. The van der Waals surface area contributed by atoms with Gasteiger partial charge in [0.25, 0.3) is 0 Å². The Labute approximate surface area is 94.3 Å². The summed E-state index contributed by atoms with van der Waals surface area (Å²) < 4.78 is 23.8. The van der Waals surface area contributed by atoms with Crippen LogP contribution >= 0.6 is 0 Å². The first-order chi connectivity index (χ1) is 6.95. The number of anilines is 1. The van der Waals surface area contributed by atoms with E-state index < -0.39 is 14.2 Å². The Kier molecular flexibility index (Phi) is 5.43. The van der Waals surface area contributed by atoms with E-state index in [1.165, 1.54) is 31.2 Å². The van der Waals surface area contributed by atoms with Crippen LogP contribution in [0.3, 0.4) is 0 Å². The van der Waals surface area contributed by atoms with Gasteiger partial charge in [-0.3, -0.25) is 0 Å². The average Bonchev–Trinajstić information content (AvgIpc) is 2.18. The van der Waals surface area contributed by atoms with Gasteiger partial charge in [0, 0.05) is 0 Å². The molecule has 0 saturated heterocycles. The topological polar surface area (TPSA) is 127 Å². The summed E-state index contributed by atoms with van der Waals surface area (Å²) in [6.07, 6.45) is 0. The molecule has 7 nitrogen and oxygen atoms in total. The molecule has 0 aliphatic heterocycles. The van der Waals surface area contributed by atoms with Gasteiger partial charge < -0.3 is 5.48 Å². The van der Waals surface area contributed by atoms with Crippen molar-refractivity contribution in [3.05, 3.63) is 24.3 Å². The second-order valence-corrected chi connectivity index (χ2v) is 6.44. The molecule has 0 aromatic heterocycles. The number of amides is 1. The standard InChI is InChI=1S/C8H10AsNO5.H2O/c1-6(11)10-8-4-2-7(3-5-8)9(12,13)15-14;/h2-5,14H,1H3,(H,10,11)(H,12,13);1H2. The monoisotopic (exact) mass is 293 g/mol. The molecule has 1 aromatic rings. The molecule has 1 unspecified atom stereocenters. The van der Waals surface area contributed by atoms with Gasteiger partial charge in [-0.1, -0.05) is 0 Å². The Morgan fingerprint density at radius 2 is 1.88 bits per heavy atom. The summed E-state index contributed by atoms with van der Waals surface area (Å²) in [5.41, 5.74) is 0.500. The molecule has 90 valence electrons. The first-order valence-electron chi connectivity index (χ1n) is 4.00. The van der Waals surface area contributed by atoms with Gasteiger partial charge >= 0.3 is 88.4 Å². The Hall–Kier alpha value is -1.11. The minimum Gasteiger partial charge on any atom is -0.412 e. The molecular weight excluding hydrogens is 281 g/mol. The van der Waals surface area contributed by atoms with Gasteiger partial charge in [0.1, 0.15) is 0 Å². The van der Waals surface area contributed by atoms with Crippen LogP contribution < -0.4 is 9.67 Å². The molecule has 1 aromatic carbocycles. The van der Waals surface area contributed by atoms with Crippen molar-refractivity contribution in [1.29, 1.82) is 0 Å². The number of carbonyl (C=O) groups excluding carboxylic acids is 1. The SMILES string of the molecule is CC(=O)Nc1ccc([As](=O)(O)OO)cc1.O. The van der Waals surface area contributed by atoms with Gasteiger partial charge in [0.05, 0.1) is 0 Å². The fourth-order valence-electron chi connectivity index (χ4n) is 0.984. The van der Waals surface area contributed by atoms with Gasteiger partial charge in [0.15, 0.2) is 0 Å². The van der Waals surface area contributed by atoms with Crippen molar-refractivity contribution in [2.75, 3.05) is 5.32 Å². The van der Waals surface area contributed by atoms with E-state index >= 15 is 0 Å². The van der Waals surface area contributed by atoms with Crippen molar-refractivity contribution in [2.45, 2.75) is 6.92 Å². The van der Waals surface area contributed by atoms with Crippen LogP contribution in [0.5, 0.6) is 0 Å². The fraction of sp³-hybridized carbons (Fsp3) is 0.125. The molecule has 0 radical (unpaired) electrons. The van der Waals surface area contributed by atoms with Gasteiger partial charge in [0.2, 0.25) is 0 Å². The van der Waals surface area contributed by atoms with Crippen LogP contribution in [0.2, 0.25) is 0 Å². The molecule has 0 heterocycles. The van der Waals surface area contributed by atoms with Gasteiger partial charge in [-0.05, 0) is 0 Å². The van der Waals surface area contributed by atoms with Gasteiger partial charge in [-0.15, -0.1) is 0 Å². The quantitative estimate of drug-likeness (QED) is 0.369. The summed E-state index contributed by atoms with van der Waals surface area (Å²) in [5, 5.41) is 10.7. The predicted molar refractivity (Wildman–Crippen MR) is 56.4 cm³/mol. The zero-order chi connectivity index (χ0) is 11.5. The van der Waals surface area contributed by atoms with E-state index in [-0.39, 0.29) is 15.7 Å². The largest absolute Gasteiger partial charge is 0.412 e. The summed E-state index contributed by atoms with van der Waals surface area (Å²) >= 11 is -4.76. The number of hydrogen-bond donors (Lipinski definition) is 3. The normalized spacial score (nSPS) is 13.4. The Morgan fingerprint density at radius 1 is 1.38 bits per heavy atom. The summed E-state index contributed by atoms with van der Waals surface area (Å²) in [7, 11) is 0. The zero-order valence-electron chi connectivity index (χ0n) is 8.38. The van der Waals surface area contributed by atoms with Crippen LogP contribution in [-0.4, -0.2) is 34.9 Å². The van der Waals surface area contributed by atoms with E-state index in [1.54, 1.807) is 0 Å². The van der Waals surface area contributed by atoms with Crippen LogP contribution in [0.1, 0.15) is 6.92 Å². The van der Waals surface area contributed by atoms with E-state index in [9.17, 15) is 8.53 Å². The molecule has 1 atom stereocenters. The minimum atomic E-state index is -4.76. The second-order valence-electron chi connectivity index (χ2n) is 2.83. The first-order valence-corrected chi connectivity index (χ1v) is 7.31. The molecule has 1 amide bonds. The molecule has 0 spiro atoms. The Balaban J connectivity index is 0.00000225. The molecule has 0 aliphatic carbocycles. The third-order valence-corrected chi connectivity index (χ3v) is 4.08. The van der Waals surface area contributed by atoms with Crippen molar-refractivity contribution in [3.63, 3.8) is 0 Å². The van der Waals surface area contributed by atoms with Crippen LogP contribution in [0.4, 0.5) is 5.69 Å². The Morgan fingerprint density at radius 3 is 2.25 bits per heavy atom. The molecular formula is C8H12AsNO6. The second kappa shape index (κ2) is 5.83. The Bertz CT molecular complexity index is 403. The van der Waals surface area contributed by atoms with E-state index in [4.69, 9.17) is 9.35 Å². The van der Waals surface area contributed by atoms with E-state index in [0.717, 1.165) is 0 Å². The van der Waals surface area contributed by atoms with Crippen molar-refractivity contribution in [3.8, 4) is 0 Å². The number of nitrogens with one attached hydrogen (secondary N) is 1. The summed E-state index contributed by atoms with van der Waals surface area (Å²) in [5.74, 6) is -0.237. The molecule has 0 fully saturated rings. The van der Waals surface area contributed by atoms with Crippen molar-refractivity contribution in [1.82, 2.24) is 0 Å². The number of rotatable bonds is 3. The maximum Gasteiger partial charge on any atom is -0.412 e. The third kappa shape index (κ3) is 3.80. The summed E-state index contributed by atoms with van der Waals surface area (Å²) in [6.45, 7) is 1.35. The van der Waals surface area contributed by atoms with E-state index in [1.807, 2.05) is 0 Å². The van der Waals surface area contributed by atoms with Crippen LogP contribution in [0.25, 0.3) is 0 Å². The molecule has 1 rings (SSSR count). The number of hydrogen-bond acceptors (Lipinski definition) is 4.